The van der Waals surface area contributed by atoms with Gasteiger partial charge < -0.3 is 15.5 Å². The van der Waals surface area contributed by atoms with E-state index in [0.717, 1.165) is 5.82 Å². The number of nitrogens with one attached hydrogen (secondary N) is 2. The molecule has 0 radical (unpaired) electrons. The molecule has 19 heavy (non-hydrogen) atoms. The topological polar surface area (TPSA) is 74.3 Å². The van der Waals surface area contributed by atoms with Gasteiger partial charge in [0.25, 0.3) is 5.91 Å². The zero-order valence-corrected chi connectivity index (χ0v) is 11.1. The van der Waals surface area contributed by atoms with Crippen LogP contribution in [0.3, 0.4) is 0 Å². The molecule has 1 fully saturated rings. The second-order valence-corrected chi connectivity index (χ2v) is 4.81. The van der Waals surface area contributed by atoms with Gasteiger partial charge >= 0.3 is 0 Å². The smallest absolute Gasteiger partial charge is 0.253 e. The van der Waals surface area contributed by atoms with Gasteiger partial charge in [-0.05, 0) is 18.6 Å². The molecule has 1 aromatic heterocycles. The number of hydrogen-bond donors (Lipinski definition) is 2. The van der Waals surface area contributed by atoms with Gasteiger partial charge in [-0.15, -0.1) is 0 Å². The Hall–Kier alpha value is -2.11. The summed E-state index contributed by atoms with van der Waals surface area (Å²) in [6.45, 7) is 0.494. The number of anilines is 1. The molecule has 0 saturated carbocycles. The Labute approximate surface area is 112 Å². The summed E-state index contributed by atoms with van der Waals surface area (Å²) >= 11 is 0. The van der Waals surface area contributed by atoms with Crippen molar-refractivity contribution < 1.29 is 9.59 Å². The van der Waals surface area contributed by atoms with Crippen LogP contribution in [0.4, 0.5) is 5.82 Å². The highest BCUT2D eigenvalue weighted by atomic mass is 16.2. The Morgan fingerprint density at radius 1 is 1.47 bits per heavy atom. The second-order valence-electron chi connectivity index (χ2n) is 4.81. The summed E-state index contributed by atoms with van der Waals surface area (Å²) in [6.07, 6.45) is 2.70. The summed E-state index contributed by atoms with van der Waals surface area (Å²) in [5.74, 6) is 0.697. The third-order valence-electron chi connectivity index (χ3n) is 3.07. The number of pyridine rings is 1. The Morgan fingerprint density at radius 3 is 2.79 bits per heavy atom. The van der Waals surface area contributed by atoms with Crippen LogP contribution in [-0.2, 0) is 4.79 Å². The highest BCUT2D eigenvalue weighted by Crippen LogP contribution is 2.09. The monoisotopic (exact) mass is 262 g/mol. The van der Waals surface area contributed by atoms with Gasteiger partial charge in [-0.2, -0.15) is 0 Å². The number of nitrogens with zero attached hydrogens (tertiary/aromatic N) is 2. The first-order valence-corrected chi connectivity index (χ1v) is 6.27. The first-order chi connectivity index (χ1) is 9.06. The van der Waals surface area contributed by atoms with Crippen molar-refractivity contribution in [3.05, 3.63) is 23.9 Å². The van der Waals surface area contributed by atoms with Gasteiger partial charge in [0.1, 0.15) is 5.82 Å². The van der Waals surface area contributed by atoms with Crippen LogP contribution in [0, 0.1) is 0 Å². The van der Waals surface area contributed by atoms with Crippen LogP contribution in [0.15, 0.2) is 18.3 Å². The summed E-state index contributed by atoms with van der Waals surface area (Å²) in [5, 5.41) is 5.63. The third kappa shape index (κ3) is 3.43. The van der Waals surface area contributed by atoms with Crippen LogP contribution in [0.25, 0.3) is 0 Å². The number of aromatic nitrogens is 1. The molecule has 1 atom stereocenters. The minimum absolute atomic E-state index is 0.00118. The maximum atomic E-state index is 12.0. The molecule has 1 saturated heterocycles. The molecule has 2 rings (SSSR count). The van der Waals surface area contributed by atoms with Crippen molar-refractivity contribution in [3.63, 3.8) is 0 Å². The van der Waals surface area contributed by atoms with Crippen LogP contribution in [0.5, 0.6) is 0 Å². The van der Waals surface area contributed by atoms with Crippen LogP contribution >= 0.6 is 0 Å². The number of carbonyl (C=O) groups excluding carboxylic acids is 2. The number of rotatable bonds is 3. The number of hydrogen-bond acceptors (Lipinski definition) is 4. The van der Waals surface area contributed by atoms with Crippen LogP contribution in [-0.4, -0.2) is 43.5 Å². The van der Waals surface area contributed by atoms with Crippen molar-refractivity contribution >= 4 is 17.6 Å². The van der Waals surface area contributed by atoms with E-state index in [0.29, 0.717) is 24.9 Å². The van der Waals surface area contributed by atoms with Crippen molar-refractivity contribution in [2.45, 2.75) is 18.9 Å². The van der Waals surface area contributed by atoms with Crippen molar-refractivity contribution in [3.8, 4) is 0 Å². The number of carbonyl (C=O) groups is 2. The Bertz CT molecular complexity index is 460. The molecule has 0 aliphatic carbocycles. The van der Waals surface area contributed by atoms with Gasteiger partial charge in [0.2, 0.25) is 5.91 Å². The SMILES string of the molecule is CN(C)c1ccc(C(=O)NC2CCC(=O)NC2)cn1. The normalized spacial score (nSPS) is 18.6. The summed E-state index contributed by atoms with van der Waals surface area (Å²) in [5.41, 5.74) is 0.530. The van der Waals surface area contributed by atoms with E-state index in [4.69, 9.17) is 0 Å². The van der Waals surface area contributed by atoms with E-state index < -0.39 is 0 Å². The number of amides is 2. The minimum atomic E-state index is -0.154. The molecular formula is C13H18N4O2. The summed E-state index contributed by atoms with van der Waals surface area (Å²) in [4.78, 5) is 29.1. The fraction of sp³-hybridized carbons (Fsp3) is 0.462. The van der Waals surface area contributed by atoms with E-state index in [2.05, 4.69) is 15.6 Å². The lowest BCUT2D eigenvalue weighted by atomic mass is 10.1. The molecule has 102 valence electrons. The average molecular weight is 262 g/mol. The highest BCUT2D eigenvalue weighted by molar-refractivity contribution is 5.94. The molecule has 2 amide bonds. The third-order valence-corrected chi connectivity index (χ3v) is 3.07. The Morgan fingerprint density at radius 2 is 2.26 bits per heavy atom. The van der Waals surface area contributed by atoms with E-state index in [1.807, 2.05) is 19.0 Å². The molecule has 1 aromatic rings. The molecule has 6 nitrogen and oxygen atoms in total. The van der Waals surface area contributed by atoms with Crippen molar-refractivity contribution in [1.29, 1.82) is 0 Å². The first kappa shape index (κ1) is 13.3. The zero-order chi connectivity index (χ0) is 13.8. The lowest BCUT2D eigenvalue weighted by Gasteiger charge is -2.23. The van der Waals surface area contributed by atoms with E-state index in [-0.39, 0.29) is 17.9 Å². The van der Waals surface area contributed by atoms with Crippen molar-refractivity contribution in [1.82, 2.24) is 15.6 Å². The number of piperidine rings is 1. The summed E-state index contributed by atoms with van der Waals surface area (Å²) in [6, 6.07) is 3.55. The van der Waals surface area contributed by atoms with E-state index in [1.165, 1.54) is 0 Å². The average Bonchev–Trinajstić information content (AvgIpc) is 2.41. The van der Waals surface area contributed by atoms with Gasteiger partial charge in [-0.1, -0.05) is 0 Å². The fourth-order valence-corrected chi connectivity index (χ4v) is 1.91. The largest absolute Gasteiger partial charge is 0.363 e. The van der Waals surface area contributed by atoms with Crippen LogP contribution in [0.1, 0.15) is 23.2 Å². The molecule has 1 unspecified atom stereocenters. The van der Waals surface area contributed by atoms with Crippen molar-refractivity contribution in [2.75, 3.05) is 25.5 Å². The lowest BCUT2D eigenvalue weighted by Crippen LogP contribution is -2.47. The van der Waals surface area contributed by atoms with Gasteiger partial charge in [0, 0.05) is 39.3 Å². The molecule has 0 bridgehead atoms. The maximum absolute atomic E-state index is 12.0. The minimum Gasteiger partial charge on any atom is -0.363 e. The second kappa shape index (κ2) is 5.69. The predicted octanol–water partition coefficient (Wildman–Crippen LogP) is 0.156. The molecule has 1 aliphatic rings. The molecule has 6 heteroatoms. The van der Waals surface area contributed by atoms with Crippen LogP contribution < -0.4 is 15.5 Å². The predicted molar refractivity (Wildman–Crippen MR) is 72.1 cm³/mol. The van der Waals surface area contributed by atoms with Gasteiger partial charge in [0.05, 0.1) is 5.56 Å². The molecular weight excluding hydrogens is 244 g/mol. The molecule has 2 N–H and O–H groups in total. The van der Waals surface area contributed by atoms with Gasteiger partial charge in [-0.25, -0.2) is 4.98 Å². The first-order valence-electron chi connectivity index (χ1n) is 6.27. The molecule has 1 aliphatic heterocycles. The van der Waals surface area contributed by atoms with E-state index >= 15 is 0 Å². The van der Waals surface area contributed by atoms with Gasteiger partial charge in [-0.3, -0.25) is 9.59 Å². The molecule has 0 aromatic carbocycles. The quantitative estimate of drug-likeness (QED) is 0.813. The van der Waals surface area contributed by atoms with E-state index in [9.17, 15) is 9.59 Å². The highest BCUT2D eigenvalue weighted by Gasteiger charge is 2.20. The molecule has 0 spiro atoms. The summed E-state index contributed by atoms with van der Waals surface area (Å²) < 4.78 is 0. The maximum Gasteiger partial charge on any atom is 0.253 e. The molecule has 2 heterocycles. The fourth-order valence-electron chi connectivity index (χ4n) is 1.91. The Balaban J connectivity index is 1.94. The van der Waals surface area contributed by atoms with Crippen molar-refractivity contribution in [2.24, 2.45) is 0 Å². The summed E-state index contributed by atoms with van der Waals surface area (Å²) in [7, 11) is 3.79. The lowest BCUT2D eigenvalue weighted by molar-refractivity contribution is -0.122. The standard InChI is InChI=1S/C13H18N4O2/c1-17(2)11-5-3-9(7-14-11)13(19)16-10-4-6-12(18)15-8-10/h3,5,7,10H,4,6,8H2,1-2H3,(H,15,18)(H,16,19). The van der Waals surface area contributed by atoms with Crippen LogP contribution in [0.2, 0.25) is 0 Å². The zero-order valence-electron chi connectivity index (χ0n) is 11.1. The van der Waals surface area contributed by atoms with E-state index in [1.54, 1.807) is 18.3 Å². The van der Waals surface area contributed by atoms with Gasteiger partial charge in [0.15, 0.2) is 0 Å². The Kier molecular flexibility index (Phi) is 3.99.